The van der Waals surface area contributed by atoms with Gasteiger partial charge in [-0.25, -0.2) is 0 Å². The van der Waals surface area contributed by atoms with Gasteiger partial charge in [0.1, 0.15) is 0 Å². The second kappa shape index (κ2) is 4.82. The average Bonchev–Trinajstić information content (AvgIpc) is 2.66. The molecule has 0 saturated heterocycles. The van der Waals surface area contributed by atoms with E-state index in [0.29, 0.717) is 6.54 Å². The van der Waals surface area contributed by atoms with E-state index in [2.05, 4.69) is 21.4 Å². The van der Waals surface area contributed by atoms with E-state index in [0.717, 1.165) is 23.3 Å². The summed E-state index contributed by atoms with van der Waals surface area (Å²) >= 11 is 0. The Morgan fingerprint density at radius 2 is 2.47 bits per heavy atom. The molecule has 0 aliphatic heterocycles. The minimum atomic E-state index is -0.141. The highest BCUT2D eigenvalue weighted by molar-refractivity contribution is 5.86. The molecule has 0 aromatic carbocycles. The fourth-order valence-electron chi connectivity index (χ4n) is 1.87. The summed E-state index contributed by atoms with van der Waals surface area (Å²) < 4.78 is 2.14. The summed E-state index contributed by atoms with van der Waals surface area (Å²) in [6.45, 7) is 6.78. The zero-order valence-corrected chi connectivity index (χ0v) is 9.81. The third-order valence-corrected chi connectivity index (χ3v) is 2.70. The molecule has 0 unspecified atom stereocenters. The number of hydrogen-bond donors (Lipinski definition) is 1. The van der Waals surface area contributed by atoms with Crippen molar-refractivity contribution >= 4 is 16.9 Å². The number of nitrogens with zero attached hydrogens (tertiary/aromatic N) is 2. The first-order valence-electron chi connectivity index (χ1n) is 5.53. The summed E-state index contributed by atoms with van der Waals surface area (Å²) in [5, 5.41) is 2.76. The number of carbonyl (C=O) groups excluding carboxylic acids is 1. The van der Waals surface area contributed by atoms with Gasteiger partial charge in [-0.05, 0) is 31.2 Å². The predicted octanol–water partition coefficient (Wildman–Crippen LogP) is 1.65. The summed E-state index contributed by atoms with van der Waals surface area (Å²) in [6.07, 6.45) is 3.06. The molecule has 2 rings (SSSR count). The van der Waals surface area contributed by atoms with E-state index in [9.17, 15) is 4.79 Å². The Balaban J connectivity index is 2.15. The van der Waals surface area contributed by atoms with Crippen LogP contribution in [0.1, 0.15) is 5.69 Å². The molecule has 2 heterocycles. The van der Waals surface area contributed by atoms with Crippen LogP contribution in [0.2, 0.25) is 0 Å². The molecule has 2 aromatic rings. The van der Waals surface area contributed by atoms with Crippen LogP contribution in [0.4, 0.5) is 0 Å². The van der Waals surface area contributed by atoms with Crippen LogP contribution >= 0.6 is 0 Å². The average molecular weight is 229 g/mol. The zero-order chi connectivity index (χ0) is 12.3. The quantitative estimate of drug-likeness (QED) is 0.810. The topological polar surface area (TPSA) is 46.9 Å². The molecule has 17 heavy (non-hydrogen) atoms. The Morgan fingerprint density at radius 3 is 3.24 bits per heavy atom. The number of carbonyl (C=O) groups is 1. The number of hydrogen-bond acceptors (Lipinski definition) is 2. The van der Waals surface area contributed by atoms with Gasteiger partial charge >= 0.3 is 0 Å². The van der Waals surface area contributed by atoms with Crippen molar-refractivity contribution < 1.29 is 4.79 Å². The van der Waals surface area contributed by atoms with E-state index < -0.39 is 0 Å². The summed E-state index contributed by atoms with van der Waals surface area (Å²) in [4.78, 5) is 15.3. The first kappa shape index (κ1) is 11.4. The summed E-state index contributed by atoms with van der Waals surface area (Å²) in [7, 11) is 0. The van der Waals surface area contributed by atoms with Crippen LogP contribution in [-0.4, -0.2) is 22.0 Å². The lowest BCUT2D eigenvalue weighted by atomic mass is 10.4. The molecular formula is C13H15N3O. The number of fused-ring (bicyclic) bond motifs is 1. The van der Waals surface area contributed by atoms with Crippen molar-refractivity contribution in [3.8, 4) is 0 Å². The number of pyridine rings is 1. The number of aromatic nitrogens is 2. The van der Waals surface area contributed by atoms with E-state index in [1.165, 1.54) is 6.08 Å². The molecular weight excluding hydrogens is 214 g/mol. The molecule has 0 bridgehead atoms. The van der Waals surface area contributed by atoms with Crippen LogP contribution in [0.3, 0.4) is 0 Å². The number of aryl methyl sites for hydroxylation is 1. The molecule has 0 atom stereocenters. The molecule has 0 saturated carbocycles. The minimum Gasteiger partial charge on any atom is -0.351 e. The highest BCUT2D eigenvalue weighted by Gasteiger charge is 2.05. The fraction of sp³-hybridized carbons (Fsp3) is 0.231. The van der Waals surface area contributed by atoms with E-state index in [1.54, 1.807) is 6.20 Å². The van der Waals surface area contributed by atoms with E-state index in [4.69, 9.17) is 0 Å². The highest BCUT2D eigenvalue weighted by Crippen LogP contribution is 2.16. The van der Waals surface area contributed by atoms with Gasteiger partial charge in [0, 0.05) is 25.0 Å². The Labute approximate surface area is 100.0 Å². The summed E-state index contributed by atoms with van der Waals surface area (Å²) in [5.41, 5.74) is 3.23. The predicted molar refractivity (Wildman–Crippen MR) is 67.7 cm³/mol. The molecule has 4 heteroatoms. The lowest BCUT2D eigenvalue weighted by Gasteiger charge is -2.08. The standard InChI is InChI=1S/C13H15N3O/c1-3-13(17)15-7-8-16-10(2)9-11-12(16)5-4-6-14-11/h3-6,9H,1,7-8H2,2H3,(H,15,17). The molecule has 0 spiro atoms. The van der Waals surface area contributed by atoms with Crippen molar-refractivity contribution in [3.63, 3.8) is 0 Å². The first-order valence-corrected chi connectivity index (χ1v) is 5.53. The summed E-state index contributed by atoms with van der Waals surface area (Å²) in [6, 6.07) is 6.00. The van der Waals surface area contributed by atoms with Crippen molar-refractivity contribution in [2.24, 2.45) is 0 Å². The second-order valence-electron chi connectivity index (χ2n) is 3.84. The normalized spacial score (nSPS) is 10.4. The summed E-state index contributed by atoms with van der Waals surface area (Å²) in [5.74, 6) is -0.141. The largest absolute Gasteiger partial charge is 0.351 e. The minimum absolute atomic E-state index is 0.141. The zero-order valence-electron chi connectivity index (χ0n) is 9.81. The van der Waals surface area contributed by atoms with E-state index in [-0.39, 0.29) is 5.91 Å². The van der Waals surface area contributed by atoms with Crippen LogP contribution in [0.15, 0.2) is 37.1 Å². The number of amides is 1. The van der Waals surface area contributed by atoms with Gasteiger partial charge in [0.2, 0.25) is 5.91 Å². The van der Waals surface area contributed by atoms with Crippen molar-refractivity contribution in [1.29, 1.82) is 0 Å². The van der Waals surface area contributed by atoms with Gasteiger partial charge < -0.3 is 9.88 Å². The van der Waals surface area contributed by atoms with Crippen LogP contribution in [0, 0.1) is 6.92 Å². The molecule has 1 amide bonds. The van der Waals surface area contributed by atoms with Gasteiger partial charge in [-0.15, -0.1) is 0 Å². The Morgan fingerprint density at radius 1 is 1.65 bits per heavy atom. The van der Waals surface area contributed by atoms with Crippen molar-refractivity contribution in [3.05, 3.63) is 42.7 Å². The third-order valence-electron chi connectivity index (χ3n) is 2.70. The SMILES string of the molecule is C=CC(=O)NCCn1c(C)cc2ncccc21. The third kappa shape index (κ3) is 2.36. The Bertz CT molecular complexity index is 557. The lowest BCUT2D eigenvalue weighted by Crippen LogP contribution is -2.25. The number of rotatable bonds is 4. The van der Waals surface area contributed by atoms with Gasteiger partial charge in [0.05, 0.1) is 11.0 Å². The van der Waals surface area contributed by atoms with Crippen LogP contribution in [0.5, 0.6) is 0 Å². The molecule has 0 aliphatic rings. The van der Waals surface area contributed by atoms with Crippen LogP contribution in [0.25, 0.3) is 11.0 Å². The maximum atomic E-state index is 11.0. The van der Waals surface area contributed by atoms with E-state index in [1.807, 2.05) is 25.1 Å². The first-order chi connectivity index (χ1) is 8.22. The Kier molecular flexibility index (Phi) is 3.23. The molecule has 1 N–H and O–H groups in total. The lowest BCUT2D eigenvalue weighted by molar-refractivity contribution is -0.116. The number of nitrogens with one attached hydrogen (secondary N) is 1. The van der Waals surface area contributed by atoms with Gasteiger partial charge in [0.25, 0.3) is 0 Å². The maximum absolute atomic E-state index is 11.0. The van der Waals surface area contributed by atoms with Crippen LogP contribution in [-0.2, 0) is 11.3 Å². The van der Waals surface area contributed by atoms with Gasteiger partial charge in [0.15, 0.2) is 0 Å². The second-order valence-corrected chi connectivity index (χ2v) is 3.84. The monoisotopic (exact) mass is 229 g/mol. The fourth-order valence-corrected chi connectivity index (χ4v) is 1.87. The van der Waals surface area contributed by atoms with Crippen molar-refractivity contribution in [2.75, 3.05) is 6.54 Å². The molecule has 0 fully saturated rings. The van der Waals surface area contributed by atoms with Crippen LogP contribution < -0.4 is 5.32 Å². The maximum Gasteiger partial charge on any atom is 0.243 e. The molecule has 88 valence electrons. The van der Waals surface area contributed by atoms with Gasteiger partial charge in [-0.3, -0.25) is 9.78 Å². The molecule has 0 aliphatic carbocycles. The van der Waals surface area contributed by atoms with Crippen molar-refractivity contribution in [1.82, 2.24) is 14.9 Å². The Hall–Kier alpha value is -2.10. The van der Waals surface area contributed by atoms with Crippen molar-refractivity contribution in [2.45, 2.75) is 13.5 Å². The molecule has 2 aromatic heterocycles. The highest BCUT2D eigenvalue weighted by atomic mass is 16.1. The molecule has 4 nitrogen and oxygen atoms in total. The molecule has 0 radical (unpaired) electrons. The van der Waals surface area contributed by atoms with Gasteiger partial charge in [-0.2, -0.15) is 0 Å². The van der Waals surface area contributed by atoms with Gasteiger partial charge in [-0.1, -0.05) is 6.58 Å². The smallest absolute Gasteiger partial charge is 0.243 e. The van der Waals surface area contributed by atoms with E-state index >= 15 is 0 Å².